The number of hydrogen-bond donors (Lipinski definition) is 8. The molecule has 9 N–H and O–H groups in total. The van der Waals surface area contributed by atoms with Crippen LogP contribution in [0, 0.1) is 0 Å². The molecule has 0 aliphatic carbocycles. The SMILES string of the molecule is Nc1ccc(O)c(C(=O)O)c1.O=C(O)c1cc(N=Nc2ccc(S(=O)(=O)Nc3ccccn3)cc2)ccc1O.O=C(O)c1cc(N=Nc2ccc([O-])c(C(=O)O)c2)ccc1[O-].[Na+].[Na+]. The number of pyridine rings is 1. The van der Waals surface area contributed by atoms with Gasteiger partial charge >= 0.3 is 83.0 Å². The number of aromatic carboxylic acids is 4. The van der Waals surface area contributed by atoms with Crippen LogP contribution < -0.4 is 79.8 Å². The number of nitrogens with two attached hydrogens (primary N) is 1. The van der Waals surface area contributed by atoms with Crippen molar-refractivity contribution < 1.29 is 128 Å². The number of nitrogens with zero attached hydrogens (tertiary/aromatic N) is 5. The summed E-state index contributed by atoms with van der Waals surface area (Å²) in [7, 11) is -3.79. The molecule has 312 valence electrons. The Morgan fingerprint density at radius 1 is 0.540 bits per heavy atom. The van der Waals surface area contributed by atoms with E-state index >= 15 is 0 Å². The summed E-state index contributed by atoms with van der Waals surface area (Å²) in [5, 5.41) is 91.4. The smallest absolute Gasteiger partial charge is 0.872 e. The van der Waals surface area contributed by atoms with E-state index < -0.39 is 56.5 Å². The zero-order chi connectivity index (χ0) is 44.9. The van der Waals surface area contributed by atoms with Gasteiger partial charge in [-0.3, -0.25) is 4.72 Å². The van der Waals surface area contributed by atoms with Crippen molar-refractivity contribution in [3.8, 4) is 23.0 Å². The van der Waals surface area contributed by atoms with E-state index in [0.29, 0.717) is 11.4 Å². The van der Waals surface area contributed by atoms with E-state index in [4.69, 9.17) is 31.3 Å². The first kappa shape index (κ1) is 52.2. The van der Waals surface area contributed by atoms with Gasteiger partial charge in [0.1, 0.15) is 28.4 Å². The largest absolute Gasteiger partial charge is 1.00 e. The fraction of sp³-hybridized carbons (Fsp3) is 0. The van der Waals surface area contributed by atoms with Crippen molar-refractivity contribution in [2.24, 2.45) is 20.5 Å². The van der Waals surface area contributed by atoms with Crippen molar-refractivity contribution >= 4 is 68.2 Å². The fourth-order valence-electron chi connectivity index (χ4n) is 4.52. The van der Waals surface area contributed by atoms with Crippen LogP contribution in [0.2, 0.25) is 0 Å². The Bertz CT molecular complexity index is 2710. The number of carboxylic acids is 4. The Morgan fingerprint density at radius 3 is 1.37 bits per heavy atom. The van der Waals surface area contributed by atoms with E-state index in [1.807, 2.05) is 0 Å². The predicted molar refractivity (Wildman–Crippen MR) is 210 cm³/mol. The molecule has 0 spiro atoms. The Labute approximate surface area is 400 Å². The van der Waals surface area contributed by atoms with Crippen molar-refractivity contribution in [3.63, 3.8) is 0 Å². The van der Waals surface area contributed by atoms with Crippen LogP contribution in [0.25, 0.3) is 0 Å². The van der Waals surface area contributed by atoms with Gasteiger partial charge in [0.25, 0.3) is 10.0 Å². The van der Waals surface area contributed by atoms with Crippen molar-refractivity contribution in [2.45, 2.75) is 4.90 Å². The number of benzene rings is 5. The van der Waals surface area contributed by atoms with Crippen molar-refractivity contribution in [1.29, 1.82) is 0 Å². The molecule has 63 heavy (non-hydrogen) atoms. The van der Waals surface area contributed by atoms with Crippen LogP contribution in [0.15, 0.2) is 147 Å². The molecule has 24 heteroatoms. The average molecular weight is 898 g/mol. The average Bonchev–Trinajstić information content (AvgIpc) is 3.22. The quantitative estimate of drug-likeness (QED) is 0.0368. The normalized spacial score (nSPS) is 10.5. The van der Waals surface area contributed by atoms with E-state index in [1.165, 1.54) is 85.1 Å². The van der Waals surface area contributed by atoms with Crippen LogP contribution >= 0.6 is 0 Å². The summed E-state index contributed by atoms with van der Waals surface area (Å²) in [5.41, 5.74) is 5.06. The molecular formula is C39H29N7Na2O14S. The van der Waals surface area contributed by atoms with Gasteiger partial charge in [-0.05, 0) is 97.1 Å². The van der Waals surface area contributed by atoms with Crippen LogP contribution in [0.5, 0.6) is 23.0 Å². The zero-order valence-corrected chi connectivity index (χ0v) is 37.5. The molecule has 0 radical (unpaired) electrons. The Balaban J connectivity index is 0.000000348. The first-order valence-electron chi connectivity index (χ1n) is 16.7. The number of anilines is 2. The summed E-state index contributed by atoms with van der Waals surface area (Å²) in [6.45, 7) is 0. The van der Waals surface area contributed by atoms with Gasteiger partial charge < -0.3 is 46.6 Å². The van der Waals surface area contributed by atoms with E-state index in [9.17, 15) is 42.9 Å². The van der Waals surface area contributed by atoms with Crippen molar-refractivity contribution in [2.75, 3.05) is 10.5 Å². The fourth-order valence-corrected chi connectivity index (χ4v) is 5.53. The second kappa shape index (κ2) is 23.9. The zero-order valence-electron chi connectivity index (χ0n) is 32.7. The standard InChI is InChI=1S/C18H14N4O5S.C14H10N2O6.C7H7NO3.2Na/c23-16-9-6-13(11-15(16)18(24)25)21-20-12-4-7-14(8-5-12)28(26,27)22-17-3-1-2-10-19-17;17-11-3-1-7(5-9(11)13(19)20)15-16-8-2-4-12(18)10(6-8)14(21)22;8-4-1-2-6(9)5(3-4)7(10)11;;/h1-11,23H,(H,19,22)(H,24,25);1-6,17-18H,(H,19,20)(H,21,22);1-3,9H,8H2,(H,10,11);;/q;;;2*+1/p-2. The molecule has 6 aromatic rings. The molecule has 0 amide bonds. The summed E-state index contributed by atoms with van der Waals surface area (Å²) >= 11 is 0. The van der Waals surface area contributed by atoms with E-state index in [-0.39, 0.29) is 110 Å². The van der Waals surface area contributed by atoms with Gasteiger partial charge in [0.15, 0.2) is 0 Å². The second-order valence-corrected chi connectivity index (χ2v) is 13.5. The molecule has 0 atom stereocenters. The minimum Gasteiger partial charge on any atom is -0.872 e. The number of carboxylic acid groups (broad SMARTS) is 4. The third-order valence-corrected chi connectivity index (χ3v) is 8.83. The third kappa shape index (κ3) is 15.5. The molecule has 0 saturated heterocycles. The molecule has 21 nitrogen and oxygen atoms in total. The first-order valence-corrected chi connectivity index (χ1v) is 18.2. The molecule has 6 rings (SSSR count). The third-order valence-electron chi connectivity index (χ3n) is 7.46. The monoisotopic (exact) mass is 897 g/mol. The second-order valence-electron chi connectivity index (χ2n) is 11.8. The van der Waals surface area contributed by atoms with Gasteiger partial charge in [0, 0.05) is 11.9 Å². The number of hydrogen-bond acceptors (Lipinski definition) is 16. The summed E-state index contributed by atoms with van der Waals surface area (Å²) in [5.74, 6) is -7.00. The van der Waals surface area contributed by atoms with E-state index in [2.05, 4.69) is 30.2 Å². The molecule has 1 aromatic heterocycles. The summed E-state index contributed by atoms with van der Waals surface area (Å²) in [4.78, 5) is 47.0. The number of nitrogen functional groups attached to an aromatic ring is 1. The molecule has 0 aliphatic heterocycles. The first-order chi connectivity index (χ1) is 28.8. The number of phenols is 2. The minimum absolute atomic E-state index is 0. The maximum absolute atomic E-state index is 12.3. The summed E-state index contributed by atoms with van der Waals surface area (Å²) in [6.07, 6.45) is 1.47. The van der Waals surface area contributed by atoms with Gasteiger partial charge in [-0.25, -0.2) is 32.6 Å². The van der Waals surface area contributed by atoms with Crippen molar-refractivity contribution in [1.82, 2.24) is 4.98 Å². The number of nitrogens with one attached hydrogen (secondary N) is 1. The van der Waals surface area contributed by atoms with Gasteiger partial charge in [-0.2, -0.15) is 20.5 Å². The molecule has 0 fully saturated rings. The Kier molecular flexibility index (Phi) is 19.8. The molecule has 5 aromatic carbocycles. The van der Waals surface area contributed by atoms with Gasteiger partial charge in [0.05, 0.1) is 38.8 Å². The molecule has 0 aliphatic rings. The van der Waals surface area contributed by atoms with Gasteiger partial charge in [-0.15, -0.1) is 0 Å². The van der Waals surface area contributed by atoms with Crippen LogP contribution in [0.4, 0.5) is 34.3 Å². The topological polar surface area (TPSA) is 370 Å². The van der Waals surface area contributed by atoms with Crippen LogP contribution in [-0.2, 0) is 10.0 Å². The van der Waals surface area contributed by atoms with Crippen LogP contribution in [-0.4, -0.2) is 67.9 Å². The number of carbonyl (C=O) groups is 4. The molecule has 0 bridgehead atoms. The van der Waals surface area contributed by atoms with Crippen LogP contribution in [0.1, 0.15) is 41.4 Å². The van der Waals surface area contributed by atoms with Crippen LogP contribution in [0.3, 0.4) is 0 Å². The van der Waals surface area contributed by atoms with E-state index in [1.54, 1.807) is 12.1 Å². The molecule has 0 unspecified atom stereocenters. The number of aromatic hydroxyl groups is 2. The Hall–Kier alpha value is -6.92. The summed E-state index contributed by atoms with van der Waals surface area (Å²) < 4.78 is 27.0. The number of azo groups is 2. The maximum atomic E-state index is 12.3. The predicted octanol–water partition coefficient (Wildman–Crippen LogP) is 0.0278. The molecule has 1 heterocycles. The van der Waals surface area contributed by atoms with Crippen molar-refractivity contribution in [3.05, 3.63) is 144 Å². The molecule has 0 saturated carbocycles. The maximum Gasteiger partial charge on any atom is 1.00 e. The number of aromatic nitrogens is 1. The van der Waals surface area contributed by atoms with Gasteiger partial charge in [-0.1, -0.05) is 29.7 Å². The number of sulfonamides is 1. The Morgan fingerprint density at radius 2 is 0.937 bits per heavy atom. The minimum atomic E-state index is -3.79. The van der Waals surface area contributed by atoms with E-state index in [0.717, 1.165) is 24.3 Å². The molecular weight excluding hydrogens is 869 g/mol. The van der Waals surface area contributed by atoms with Gasteiger partial charge in [0.2, 0.25) is 0 Å². The number of rotatable bonds is 11. The summed E-state index contributed by atoms with van der Waals surface area (Å²) in [6, 6.07) is 24.9.